The van der Waals surface area contributed by atoms with Gasteiger partial charge in [-0.15, -0.1) is 0 Å². The summed E-state index contributed by atoms with van der Waals surface area (Å²) in [4.78, 5) is 19.3. The van der Waals surface area contributed by atoms with Crippen LogP contribution in [0.5, 0.6) is 0 Å². The van der Waals surface area contributed by atoms with Crippen LogP contribution >= 0.6 is 0 Å². The fourth-order valence-electron chi connectivity index (χ4n) is 0.266. The van der Waals surface area contributed by atoms with Crippen LogP contribution in [0.15, 0.2) is 12.2 Å². The van der Waals surface area contributed by atoms with Gasteiger partial charge in [0.25, 0.3) is 0 Å². The molecule has 0 amide bonds. The highest BCUT2D eigenvalue weighted by Crippen LogP contribution is 1.87. The van der Waals surface area contributed by atoms with Gasteiger partial charge >= 0.3 is 11.9 Å². The maximum Gasteiger partial charge on any atom is 0.330 e. The molecule has 0 aromatic heterocycles. The maximum absolute atomic E-state index is 9.70. The Hall–Kier alpha value is -1.40. The topological polar surface area (TPSA) is 115 Å². The minimum Gasteiger partial charge on any atom is -0.481 e. The number of aliphatic hydroxyl groups is 2. The molecule has 0 aliphatic heterocycles. The van der Waals surface area contributed by atoms with Crippen molar-refractivity contribution in [3.63, 3.8) is 0 Å². The van der Waals surface area contributed by atoms with Crippen LogP contribution in [0, 0.1) is 0 Å². The SMILES string of the molecule is C=C(C)C(=O)O.O=C(O)CC(O)CO. The van der Waals surface area contributed by atoms with Crippen molar-refractivity contribution < 1.29 is 30.0 Å². The molecule has 0 saturated heterocycles. The molecule has 6 nitrogen and oxygen atoms in total. The first kappa shape index (κ1) is 15.1. The molecule has 0 rings (SSSR count). The second-order valence-electron chi connectivity index (χ2n) is 2.52. The zero-order chi connectivity index (χ0) is 11.7. The highest BCUT2D eigenvalue weighted by atomic mass is 16.4. The highest BCUT2D eigenvalue weighted by molar-refractivity contribution is 5.84. The van der Waals surface area contributed by atoms with Gasteiger partial charge in [-0.05, 0) is 6.92 Å². The molecule has 0 radical (unpaired) electrons. The third kappa shape index (κ3) is 13.2. The molecule has 14 heavy (non-hydrogen) atoms. The second kappa shape index (κ2) is 8.21. The number of rotatable bonds is 4. The summed E-state index contributed by atoms with van der Waals surface area (Å²) in [6.07, 6.45) is -1.51. The number of carboxylic acids is 2. The van der Waals surface area contributed by atoms with Gasteiger partial charge in [-0.2, -0.15) is 0 Å². The van der Waals surface area contributed by atoms with E-state index < -0.39 is 31.1 Å². The molecule has 0 bridgehead atoms. The Morgan fingerprint density at radius 2 is 1.71 bits per heavy atom. The van der Waals surface area contributed by atoms with E-state index in [1.54, 1.807) is 0 Å². The van der Waals surface area contributed by atoms with Crippen LogP contribution in [0.4, 0.5) is 0 Å². The van der Waals surface area contributed by atoms with E-state index in [0.29, 0.717) is 0 Å². The Morgan fingerprint density at radius 1 is 1.36 bits per heavy atom. The van der Waals surface area contributed by atoms with Gasteiger partial charge in [0.2, 0.25) is 0 Å². The number of aliphatic hydroxyl groups excluding tert-OH is 2. The predicted molar refractivity (Wildman–Crippen MR) is 47.8 cm³/mol. The van der Waals surface area contributed by atoms with Crippen LogP contribution in [0.2, 0.25) is 0 Å². The van der Waals surface area contributed by atoms with Crippen LogP contribution in [0.3, 0.4) is 0 Å². The maximum atomic E-state index is 9.70. The number of hydrogen-bond donors (Lipinski definition) is 4. The third-order valence-electron chi connectivity index (χ3n) is 0.986. The molecule has 0 aliphatic rings. The van der Waals surface area contributed by atoms with Crippen molar-refractivity contribution in [2.75, 3.05) is 6.61 Å². The largest absolute Gasteiger partial charge is 0.481 e. The van der Waals surface area contributed by atoms with Crippen LogP contribution < -0.4 is 0 Å². The summed E-state index contributed by atoms with van der Waals surface area (Å²) in [6, 6.07) is 0. The van der Waals surface area contributed by atoms with Crippen LogP contribution in [0.1, 0.15) is 13.3 Å². The Kier molecular flexibility index (Phi) is 8.85. The molecular formula is C8H14O6. The molecule has 0 heterocycles. The highest BCUT2D eigenvalue weighted by Gasteiger charge is 2.05. The normalized spacial score (nSPS) is 10.8. The van der Waals surface area contributed by atoms with Gasteiger partial charge in [0.15, 0.2) is 0 Å². The van der Waals surface area contributed by atoms with Crippen LogP contribution in [-0.4, -0.2) is 45.1 Å². The first-order chi connectivity index (χ1) is 6.31. The number of hydrogen-bond acceptors (Lipinski definition) is 4. The Labute approximate surface area is 81.1 Å². The van der Waals surface area contributed by atoms with E-state index in [2.05, 4.69) is 6.58 Å². The van der Waals surface area contributed by atoms with Crippen molar-refractivity contribution >= 4 is 11.9 Å². The van der Waals surface area contributed by atoms with E-state index in [0.717, 1.165) is 0 Å². The van der Waals surface area contributed by atoms with Crippen molar-refractivity contribution in [3.8, 4) is 0 Å². The molecule has 0 fully saturated rings. The first-order valence-corrected chi connectivity index (χ1v) is 3.70. The molecule has 0 spiro atoms. The van der Waals surface area contributed by atoms with E-state index in [1.807, 2.05) is 0 Å². The molecule has 6 heteroatoms. The minimum absolute atomic E-state index is 0.176. The van der Waals surface area contributed by atoms with Crippen molar-refractivity contribution in [3.05, 3.63) is 12.2 Å². The quantitative estimate of drug-likeness (QED) is 0.459. The smallest absolute Gasteiger partial charge is 0.330 e. The first-order valence-electron chi connectivity index (χ1n) is 3.70. The number of carboxylic acid groups (broad SMARTS) is 2. The van der Waals surface area contributed by atoms with Crippen LogP contribution in [0.25, 0.3) is 0 Å². The van der Waals surface area contributed by atoms with Gasteiger partial charge in [-0.3, -0.25) is 4.79 Å². The number of aliphatic carboxylic acids is 2. The average Bonchev–Trinajstić information content (AvgIpc) is 2.04. The van der Waals surface area contributed by atoms with Crippen molar-refractivity contribution in [2.24, 2.45) is 0 Å². The summed E-state index contributed by atoms with van der Waals surface area (Å²) in [5.41, 5.74) is 0.176. The summed E-state index contributed by atoms with van der Waals surface area (Å²) in [5, 5.41) is 32.3. The van der Waals surface area contributed by atoms with Gasteiger partial charge in [-0.25, -0.2) is 4.79 Å². The van der Waals surface area contributed by atoms with Gasteiger partial charge in [-0.1, -0.05) is 6.58 Å². The Bertz CT molecular complexity index is 198. The second-order valence-corrected chi connectivity index (χ2v) is 2.52. The van der Waals surface area contributed by atoms with Gasteiger partial charge < -0.3 is 20.4 Å². The average molecular weight is 206 g/mol. The van der Waals surface area contributed by atoms with Gasteiger partial charge in [0.05, 0.1) is 19.1 Å². The molecule has 0 aliphatic carbocycles. The van der Waals surface area contributed by atoms with E-state index >= 15 is 0 Å². The lowest BCUT2D eigenvalue weighted by Crippen LogP contribution is -2.16. The van der Waals surface area contributed by atoms with Crippen molar-refractivity contribution in [1.82, 2.24) is 0 Å². The van der Waals surface area contributed by atoms with Gasteiger partial charge in [0, 0.05) is 5.57 Å². The molecule has 0 saturated carbocycles. The van der Waals surface area contributed by atoms with E-state index in [1.165, 1.54) is 6.92 Å². The Balaban J connectivity index is 0. The third-order valence-corrected chi connectivity index (χ3v) is 0.986. The van der Waals surface area contributed by atoms with Gasteiger partial charge in [0.1, 0.15) is 0 Å². The summed E-state index contributed by atoms with van der Waals surface area (Å²) in [7, 11) is 0. The monoisotopic (exact) mass is 206 g/mol. The summed E-state index contributed by atoms with van der Waals surface area (Å²) in [6.45, 7) is 4.11. The van der Waals surface area contributed by atoms with E-state index in [9.17, 15) is 9.59 Å². The molecule has 0 aromatic carbocycles. The minimum atomic E-state index is -1.12. The zero-order valence-corrected chi connectivity index (χ0v) is 7.80. The van der Waals surface area contributed by atoms with Crippen molar-refractivity contribution in [2.45, 2.75) is 19.4 Å². The molecule has 4 N–H and O–H groups in total. The molecule has 1 atom stereocenters. The summed E-state index contributed by atoms with van der Waals surface area (Å²) >= 11 is 0. The Morgan fingerprint density at radius 3 is 1.79 bits per heavy atom. The molecule has 82 valence electrons. The standard InChI is InChI=1S/C4H8O4.C4H6O2/c5-2-3(6)1-4(7)8;1-3(2)4(5)6/h3,5-6H,1-2H2,(H,7,8);1H2,2H3,(H,5,6). The van der Waals surface area contributed by atoms with E-state index in [-0.39, 0.29) is 5.57 Å². The molecule has 1 unspecified atom stereocenters. The fraction of sp³-hybridized carbons (Fsp3) is 0.500. The summed E-state index contributed by atoms with van der Waals surface area (Å²) in [5.74, 6) is -2.04. The van der Waals surface area contributed by atoms with Crippen molar-refractivity contribution in [1.29, 1.82) is 0 Å². The summed E-state index contributed by atoms with van der Waals surface area (Å²) < 4.78 is 0. The lowest BCUT2D eigenvalue weighted by atomic mass is 10.3. The fourth-order valence-corrected chi connectivity index (χ4v) is 0.266. The lowest BCUT2D eigenvalue weighted by molar-refractivity contribution is -0.139. The number of carbonyl (C=O) groups is 2. The lowest BCUT2D eigenvalue weighted by Gasteiger charge is -1.99. The predicted octanol–water partition coefficient (Wildman–Crippen LogP) is -0.539. The zero-order valence-electron chi connectivity index (χ0n) is 7.80. The molecule has 0 aromatic rings. The molecular weight excluding hydrogens is 192 g/mol. The van der Waals surface area contributed by atoms with Crippen LogP contribution in [-0.2, 0) is 9.59 Å². The van der Waals surface area contributed by atoms with E-state index in [4.69, 9.17) is 20.4 Å².